The van der Waals surface area contributed by atoms with E-state index >= 15 is 0 Å². The number of primary amides is 1. The first-order valence-electron chi connectivity index (χ1n) is 3.91. The van der Waals surface area contributed by atoms with Crippen LogP contribution in [0.4, 0.5) is 5.69 Å². The average molecular weight is 162 g/mol. The minimum Gasteiger partial charge on any atom is -0.373 e. The molecule has 0 saturated heterocycles. The number of fused-ring (bicyclic) bond motifs is 1. The third-order valence-corrected chi connectivity index (χ3v) is 2.11. The summed E-state index contributed by atoms with van der Waals surface area (Å²) in [6.45, 7) is 0. The Kier molecular flexibility index (Phi) is 1.50. The fourth-order valence-electron chi connectivity index (χ4n) is 1.47. The number of anilines is 1. The predicted molar refractivity (Wildman–Crippen MR) is 46.8 cm³/mol. The van der Waals surface area contributed by atoms with Crippen molar-refractivity contribution in [3.05, 3.63) is 29.8 Å². The summed E-state index contributed by atoms with van der Waals surface area (Å²) < 4.78 is 0. The number of carbonyl (C=O) groups is 1. The second-order valence-electron chi connectivity index (χ2n) is 2.96. The molecule has 12 heavy (non-hydrogen) atoms. The largest absolute Gasteiger partial charge is 0.373 e. The van der Waals surface area contributed by atoms with E-state index in [9.17, 15) is 4.79 Å². The van der Waals surface area contributed by atoms with Gasteiger partial charge < -0.3 is 11.1 Å². The minimum atomic E-state index is -0.286. The molecule has 1 atom stereocenters. The molecular formula is C9H10N2O. The molecule has 3 nitrogen and oxygen atoms in total. The van der Waals surface area contributed by atoms with Crippen LogP contribution in [0.3, 0.4) is 0 Å². The second-order valence-corrected chi connectivity index (χ2v) is 2.96. The Morgan fingerprint density at radius 2 is 2.25 bits per heavy atom. The van der Waals surface area contributed by atoms with Crippen molar-refractivity contribution in [3.63, 3.8) is 0 Å². The van der Waals surface area contributed by atoms with Crippen LogP contribution in [0, 0.1) is 0 Å². The molecule has 0 radical (unpaired) electrons. The highest BCUT2D eigenvalue weighted by Gasteiger charge is 2.23. The van der Waals surface area contributed by atoms with E-state index in [1.54, 1.807) is 0 Å². The second kappa shape index (κ2) is 2.52. The number of amides is 1. The van der Waals surface area contributed by atoms with Crippen LogP contribution < -0.4 is 11.1 Å². The summed E-state index contributed by atoms with van der Waals surface area (Å²) in [5.41, 5.74) is 7.37. The van der Waals surface area contributed by atoms with Crippen LogP contribution in [-0.4, -0.2) is 11.9 Å². The molecule has 1 unspecified atom stereocenters. The molecule has 1 aliphatic heterocycles. The molecule has 0 aliphatic carbocycles. The lowest BCUT2D eigenvalue weighted by Crippen LogP contribution is -2.33. The number of nitrogens with one attached hydrogen (secondary N) is 1. The highest BCUT2D eigenvalue weighted by Crippen LogP contribution is 2.24. The summed E-state index contributed by atoms with van der Waals surface area (Å²) in [6.07, 6.45) is 0.714. The summed E-state index contributed by atoms with van der Waals surface area (Å²) in [7, 11) is 0. The van der Waals surface area contributed by atoms with Crippen molar-refractivity contribution in [2.45, 2.75) is 12.5 Å². The van der Waals surface area contributed by atoms with Gasteiger partial charge in [-0.2, -0.15) is 0 Å². The standard InChI is InChI=1S/C9H10N2O/c10-9(12)8-5-6-3-1-2-4-7(6)11-8/h1-4,8,11H,5H2,(H2,10,12). The molecule has 1 amide bonds. The number of para-hydroxylation sites is 1. The summed E-state index contributed by atoms with van der Waals surface area (Å²) in [5, 5.41) is 3.06. The first-order chi connectivity index (χ1) is 5.77. The Morgan fingerprint density at radius 1 is 1.50 bits per heavy atom. The number of hydrogen-bond acceptors (Lipinski definition) is 2. The van der Waals surface area contributed by atoms with Crippen molar-refractivity contribution in [2.75, 3.05) is 5.32 Å². The maximum absolute atomic E-state index is 10.8. The van der Waals surface area contributed by atoms with E-state index in [0.717, 1.165) is 5.69 Å². The van der Waals surface area contributed by atoms with E-state index in [2.05, 4.69) is 5.32 Å². The number of hydrogen-bond donors (Lipinski definition) is 2. The van der Waals surface area contributed by atoms with Crippen molar-refractivity contribution in [2.24, 2.45) is 5.73 Å². The zero-order valence-electron chi connectivity index (χ0n) is 6.58. The van der Waals surface area contributed by atoms with Crippen LogP contribution in [0.2, 0.25) is 0 Å². The maximum atomic E-state index is 10.8. The average Bonchev–Trinajstić information content (AvgIpc) is 2.46. The Morgan fingerprint density at radius 3 is 2.92 bits per heavy atom. The van der Waals surface area contributed by atoms with Gasteiger partial charge in [0.05, 0.1) is 0 Å². The fraction of sp³-hybridized carbons (Fsp3) is 0.222. The molecule has 3 N–H and O–H groups in total. The van der Waals surface area contributed by atoms with Gasteiger partial charge in [0.25, 0.3) is 0 Å². The molecule has 62 valence electrons. The number of benzene rings is 1. The van der Waals surface area contributed by atoms with E-state index in [4.69, 9.17) is 5.73 Å². The number of nitrogens with two attached hydrogens (primary N) is 1. The van der Waals surface area contributed by atoms with E-state index in [-0.39, 0.29) is 11.9 Å². The third kappa shape index (κ3) is 1.03. The van der Waals surface area contributed by atoms with Crippen LogP contribution in [-0.2, 0) is 11.2 Å². The summed E-state index contributed by atoms with van der Waals surface area (Å²) >= 11 is 0. The molecule has 1 aromatic carbocycles. The topological polar surface area (TPSA) is 55.1 Å². The minimum absolute atomic E-state index is 0.220. The highest BCUT2D eigenvalue weighted by atomic mass is 16.1. The molecule has 3 heteroatoms. The van der Waals surface area contributed by atoms with Gasteiger partial charge in [-0.15, -0.1) is 0 Å². The third-order valence-electron chi connectivity index (χ3n) is 2.11. The molecule has 0 fully saturated rings. The van der Waals surface area contributed by atoms with Crippen LogP contribution in [0.25, 0.3) is 0 Å². The van der Waals surface area contributed by atoms with Crippen LogP contribution in [0.1, 0.15) is 5.56 Å². The van der Waals surface area contributed by atoms with Crippen molar-refractivity contribution in [1.82, 2.24) is 0 Å². The van der Waals surface area contributed by atoms with Gasteiger partial charge in [0.15, 0.2) is 0 Å². The van der Waals surface area contributed by atoms with Gasteiger partial charge in [-0.3, -0.25) is 4.79 Å². The molecule has 1 aliphatic rings. The molecule has 0 bridgehead atoms. The van der Waals surface area contributed by atoms with E-state index in [1.807, 2.05) is 24.3 Å². The molecular weight excluding hydrogens is 152 g/mol. The maximum Gasteiger partial charge on any atom is 0.240 e. The van der Waals surface area contributed by atoms with Gasteiger partial charge in [0.1, 0.15) is 6.04 Å². The Balaban J connectivity index is 2.27. The smallest absolute Gasteiger partial charge is 0.240 e. The Bertz CT molecular complexity index is 297. The predicted octanol–water partition coefficient (Wildman–Crippen LogP) is 0.508. The normalized spacial score (nSPS) is 19.8. The lowest BCUT2D eigenvalue weighted by Gasteiger charge is -2.04. The van der Waals surface area contributed by atoms with Crippen molar-refractivity contribution in [3.8, 4) is 0 Å². The lowest BCUT2D eigenvalue weighted by molar-refractivity contribution is -0.118. The van der Waals surface area contributed by atoms with Gasteiger partial charge in [0.2, 0.25) is 5.91 Å². The molecule has 0 saturated carbocycles. The van der Waals surface area contributed by atoms with Crippen LogP contribution in [0.5, 0.6) is 0 Å². The summed E-state index contributed by atoms with van der Waals surface area (Å²) in [6, 6.07) is 7.64. The molecule has 2 rings (SSSR count). The SMILES string of the molecule is NC(=O)C1Cc2ccccc2N1. The van der Waals surface area contributed by atoms with Crippen molar-refractivity contribution >= 4 is 11.6 Å². The monoisotopic (exact) mass is 162 g/mol. The van der Waals surface area contributed by atoms with Crippen molar-refractivity contribution < 1.29 is 4.79 Å². The zero-order chi connectivity index (χ0) is 8.55. The van der Waals surface area contributed by atoms with Gasteiger partial charge in [0, 0.05) is 12.1 Å². The quantitative estimate of drug-likeness (QED) is 0.632. The number of carbonyl (C=O) groups excluding carboxylic acids is 1. The van der Waals surface area contributed by atoms with Gasteiger partial charge in [-0.1, -0.05) is 18.2 Å². The van der Waals surface area contributed by atoms with Crippen LogP contribution in [0.15, 0.2) is 24.3 Å². The molecule has 1 aromatic rings. The fourth-order valence-corrected chi connectivity index (χ4v) is 1.47. The highest BCUT2D eigenvalue weighted by molar-refractivity contribution is 5.85. The van der Waals surface area contributed by atoms with E-state index in [0.29, 0.717) is 6.42 Å². The first-order valence-corrected chi connectivity index (χ1v) is 3.91. The number of rotatable bonds is 1. The molecule has 0 aromatic heterocycles. The van der Waals surface area contributed by atoms with E-state index < -0.39 is 0 Å². The van der Waals surface area contributed by atoms with Gasteiger partial charge in [-0.25, -0.2) is 0 Å². The van der Waals surface area contributed by atoms with Crippen molar-refractivity contribution in [1.29, 1.82) is 0 Å². The van der Waals surface area contributed by atoms with E-state index in [1.165, 1.54) is 5.56 Å². The summed E-state index contributed by atoms with van der Waals surface area (Å²) in [4.78, 5) is 10.8. The molecule has 0 spiro atoms. The first kappa shape index (κ1) is 7.16. The molecule has 1 heterocycles. The Hall–Kier alpha value is -1.51. The van der Waals surface area contributed by atoms with Gasteiger partial charge >= 0.3 is 0 Å². The van der Waals surface area contributed by atoms with Crippen LogP contribution >= 0.6 is 0 Å². The zero-order valence-corrected chi connectivity index (χ0v) is 6.58. The summed E-state index contributed by atoms with van der Waals surface area (Å²) in [5.74, 6) is -0.286. The lowest BCUT2D eigenvalue weighted by atomic mass is 10.1. The Labute approximate surface area is 70.6 Å². The van der Waals surface area contributed by atoms with Gasteiger partial charge in [-0.05, 0) is 11.6 Å².